The molecule has 5 heteroatoms. The third kappa shape index (κ3) is 5.14. The van der Waals surface area contributed by atoms with Crippen LogP contribution in [0.5, 0.6) is 5.75 Å². The minimum Gasteiger partial charge on any atom is -0.491 e. The molecule has 0 aliphatic carbocycles. The number of pyridine rings is 1. The van der Waals surface area contributed by atoms with Crippen molar-refractivity contribution in [2.45, 2.75) is 20.0 Å². The maximum absolute atomic E-state index is 11.9. The summed E-state index contributed by atoms with van der Waals surface area (Å²) in [5.41, 5.74) is 1.42. The van der Waals surface area contributed by atoms with Crippen LogP contribution in [-0.4, -0.2) is 23.5 Å². The van der Waals surface area contributed by atoms with Gasteiger partial charge in [0.15, 0.2) is 0 Å². The second-order valence-electron chi connectivity index (χ2n) is 5.24. The van der Waals surface area contributed by atoms with E-state index in [0.717, 1.165) is 11.4 Å². The van der Waals surface area contributed by atoms with Crippen LogP contribution in [0.1, 0.15) is 24.2 Å². The van der Waals surface area contributed by atoms with Crippen LogP contribution in [0.2, 0.25) is 0 Å². The summed E-state index contributed by atoms with van der Waals surface area (Å²) in [5.74, 6) is 1.26. The molecule has 0 aliphatic heterocycles. The van der Waals surface area contributed by atoms with Gasteiger partial charge in [0.1, 0.15) is 11.6 Å². The number of nitrogens with one attached hydrogen (secondary N) is 2. The zero-order valence-corrected chi connectivity index (χ0v) is 13.4. The average Bonchev–Trinajstić information content (AvgIpc) is 2.54. The third-order valence-electron chi connectivity index (χ3n) is 2.93. The van der Waals surface area contributed by atoms with Crippen molar-refractivity contribution in [1.29, 1.82) is 0 Å². The van der Waals surface area contributed by atoms with E-state index in [4.69, 9.17) is 4.74 Å². The highest BCUT2D eigenvalue weighted by atomic mass is 16.5. The molecule has 23 heavy (non-hydrogen) atoms. The van der Waals surface area contributed by atoms with Gasteiger partial charge in [-0.25, -0.2) is 4.98 Å². The number of ether oxygens (including phenoxy) is 1. The third-order valence-corrected chi connectivity index (χ3v) is 2.93. The van der Waals surface area contributed by atoms with Crippen LogP contribution in [0.15, 0.2) is 55.3 Å². The largest absolute Gasteiger partial charge is 0.491 e. The van der Waals surface area contributed by atoms with Crippen LogP contribution < -0.4 is 15.4 Å². The van der Waals surface area contributed by atoms with Crippen LogP contribution in [0.4, 0.5) is 11.5 Å². The first-order valence-electron chi connectivity index (χ1n) is 7.47. The summed E-state index contributed by atoms with van der Waals surface area (Å²) >= 11 is 0. The van der Waals surface area contributed by atoms with Crippen molar-refractivity contribution in [1.82, 2.24) is 10.3 Å². The molecule has 2 rings (SSSR count). The Morgan fingerprint density at radius 1 is 1.30 bits per heavy atom. The van der Waals surface area contributed by atoms with Crippen LogP contribution in [0.3, 0.4) is 0 Å². The van der Waals surface area contributed by atoms with E-state index in [1.807, 2.05) is 38.1 Å². The van der Waals surface area contributed by atoms with Crippen LogP contribution in [0, 0.1) is 0 Å². The lowest BCUT2D eigenvalue weighted by Crippen LogP contribution is -2.23. The number of carbonyl (C=O) groups is 1. The molecule has 0 spiro atoms. The van der Waals surface area contributed by atoms with Crippen molar-refractivity contribution in [3.8, 4) is 5.75 Å². The molecule has 0 saturated heterocycles. The fourth-order valence-corrected chi connectivity index (χ4v) is 1.94. The van der Waals surface area contributed by atoms with Crippen molar-refractivity contribution in [2.75, 3.05) is 11.9 Å². The molecule has 5 nitrogen and oxygen atoms in total. The molecule has 1 amide bonds. The summed E-state index contributed by atoms with van der Waals surface area (Å²) in [5, 5.41) is 5.91. The molecule has 0 atom stereocenters. The molecule has 1 aromatic carbocycles. The number of aromatic nitrogens is 1. The van der Waals surface area contributed by atoms with Gasteiger partial charge in [0.25, 0.3) is 5.91 Å². The maximum Gasteiger partial charge on any atom is 0.251 e. The maximum atomic E-state index is 11.9. The standard InChI is InChI=1S/C18H21N3O2/c1-4-10-20-18(22)14-9-11-19-17(12-14)21-15-5-7-16(8-6-15)23-13(2)3/h4-9,11-13H,1,10H2,2-3H3,(H,19,21)(H,20,22). The Labute approximate surface area is 136 Å². The molecule has 0 aliphatic rings. The lowest BCUT2D eigenvalue weighted by Gasteiger charge is -2.11. The van der Waals surface area contributed by atoms with Gasteiger partial charge in [0, 0.05) is 24.0 Å². The Morgan fingerprint density at radius 3 is 2.70 bits per heavy atom. The number of hydrogen-bond acceptors (Lipinski definition) is 4. The molecule has 0 saturated carbocycles. The van der Waals surface area contributed by atoms with E-state index in [9.17, 15) is 4.79 Å². The topological polar surface area (TPSA) is 63.2 Å². The van der Waals surface area contributed by atoms with E-state index in [1.54, 1.807) is 24.4 Å². The highest BCUT2D eigenvalue weighted by Crippen LogP contribution is 2.20. The zero-order chi connectivity index (χ0) is 16.7. The van der Waals surface area contributed by atoms with E-state index >= 15 is 0 Å². The van der Waals surface area contributed by atoms with Crippen LogP contribution in [0.25, 0.3) is 0 Å². The Kier molecular flexibility index (Phi) is 5.74. The normalized spacial score (nSPS) is 10.2. The summed E-state index contributed by atoms with van der Waals surface area (Å²) in [7, 11) is 0. The highest BCUT2D eigenvalue weighted by molar-refractivity contribution is 5.95. The molecule has 2 N–H and O–H groups in total. The molecule has 0 fully saturated rings. The van der Waals surface area contributed by atoms with Gasteiger partial charge in [-0.05, 0) is 50.2 Å². The van der Waals surface area contributed by atoms with Gasteiger partial charge in [0.05, 0.1) is 6.10 Å². The predicted molar refractivity (Wildman–Crippen MR) is 92.3 cm³/mol. The minimum absolute atomic E-state index is 0.140. The fraction of sp³-hybridized carbons (Fsp3) is 0.222. The van der Waals surface area contributed by atoms with Gasteiger partial charge < -0.3 is 15.4 Å². The van der Waals surface area contributed by atoms with Crippen LogP contribution >= 0.6 is 0 Å². The fourth-order valence-electron chi connectivity index (χ4n) is 1.94. The van der Waals surface area contributed by atoms with Crippen molar-refractivity contribution in [3.63, 3.8) is 0 Å². The second kappa shape index (κ2) is 7.98. The number of rotatable bonds is 7. The predicted octanol–water partition coefficient (Wildman–Crippen LogP) is 3.53. The van der Waals surface area contributed by atoms with Gasteiger partial charge in [0.2, 0.25) is 0 Å². The molecule has 2 aromatic rings. The van der Waals surface area contributed by atoms with Crippen molar-refractivity contribution < 1.29 is 9.53 Å². The number of carbonyl (C=O) groups excluding carboxylic acids is 1. The number of hydrogen-bond donors (Lipinski definition) is 2. The van der Waals surface area contributed by atoms with Crippen molar-refractivity contribution in [3.05, 3.63) is 60.8 Å². The van der Waals surface area contributed by atoms with Crippen molar-refractivity contribution in [2.24, 2.45) is 0 Å². The molecular weight excluding hydrogens is 290 g/mol. The Hall–Kier alpha value is -2.82. The van der Waals surface area contributed by atoms with Gasteiger partial charge in [-0.3, -0.25) is 4.79 Å². The Bertz CT molecular complexity index is 666. The smallest absolute Gasteiger partial charge is 0.251 e. The van der Waals surface area contributed by atoms with Gasteiger partial charge in [-0.2, -0.15) is 0 Å². The number of amides is 1. The second-order valence-corrected chi connectivity index (χ2v) is 5.24. The monoisotopic (exact) mass is 311 g/mol. The summed E-state index contributed by atoms with van der Waals surface area (Å²) in [6.45, 7) is 7.98. The number of nitrogens with zero attached hydrogens (tertiary/aromatic N) is 1. The minimum atomic E-state index is -0.156. The number of anilines is 2. The summed E-state index contributed by atoms with van der Waals surface area (Å²) < 4.78 is 5.60. The molecule has 1 aromatic heterocycles. The molecule has 0 bridgehead atoms. The number of benzene rings is 1. The summed E-state index contributed by atoms with van der Waals surface area (Å²) in [6.07, 6.45) is 3.38. The molecule has 0 radical (unpaired) electrons. The van der Waals surface area contributed by atoms with Crippen molar-refractivity contribution >= 4 is 17.4 Å². The van der Waals surface area contributed by atoms with E-state index in [0.29, 0.717) is 17.9 Å². The van der Waals surface area contributed by atoms with E-state index in [1.165, 1.54) is 0 Å². The SMILES string of the molecule is C=CCNC(=O)c1ccnc(Nc2ccc(OC(C)C)cc2)c1. The van der Waals surface area contributed by atoms with E-state index in [-0.39, 0.29) is 12.0 Å². The van der Waals surface area contributed by atoms with Gasteiger partial charge >= 0.3 is 0 Å². The first-order chi connectivity index (χ1) is 11.1. The first-order valence-corrected chi connectivity index (χ1v) is 7.47. The highest BCUT2D eigenvalue weighted by Gasteiger charge is 2.06. The molecule has 0 unspecified atom stereocenters. The van der Waals surface area contributed by atoms with E-state index in [2.05, 4.69) is 22.2 Å². The van der Waals surface area contributed by atoms with Gasteiger partial charge in [-0.15, -0.1) is 6.58 Å². The zero-order valence-electron chi connectivity index (χ0n) is 13.4. The Morgan fingerprint density at radius 2 is 2.04 bits per heavy atom. The summed E-state index contributed by atoms with van der Waals surface area (Å²) in [4.78, 5) is 16.2. The average molecular weight is 311 g/mol. The van der Waals surface area contributed by atoms with Gasteiger partial charge in [-0.1, -0.05) is 6.08 Å². The summed E-state index contributed by atoms with van der Waals surface area (Å²) in [6, 6.07) is 11.0. The van der Waals surface area contributed by atoms with Crippen LogP contribution in [-0.2, 0) is 0 Å². The molecule has 1 heterocycles. The lowest BCUT2D eigenvalue weighted by molar-refractivity contribution is 0.0958. The quantitative estimate of drug-likeness (QED) is 0.768. The molecule has 120 valence electrons. The van der Waals surface area contributed by atoms with E-state index < -0.39 is 0 Å². The Balaban J connectivity index is 2.05. The first kappa shape index (κ1) is 16.5. The molecular formula is C18H21N3O2. The lowest BCUT2D eigenvalue weighted by atomic mass is 10.2.